The second-order valence-electron chi connectivity index (χ2n) is 5.22. The molecule has 2 N–H and O–H groups in total. The molecule has 3 rings (SSSR count). The summed E-state index contributed by atoms with van der Waals surface area (Å²) >= 11 is 0. The standard InChI is InChI=1S/C16H18N4O/c1-11(2)21-13-5-3-4-12(8-13)16(17)14-9-19-20-7-6-18-10-15(14)20/h3-11,16H,17H2,1-2H3. The Labute approximate surface area is 123 Å². The molecule has 3 aromatic rings. The summed E-state index contributed by atoms with van der Waals surface area (Å²) in [6.45, 7) is 4.01. The van der Waals surface area contributed by atoms with Crippen molar-refractivity contribution in [1.29, 1.82) is 0 Å². The first-order valence-electron chi connectivity index (χ1n) is 6.94. The van der Waals surface area contributed by atoms with Gasteiger partial charge >= 0.3 is 0 Å². The first-order valence-corrected chi connectivity index (χ1v) is 6.94. The maximum atomic E-state index is 6.39. The van der Waals surface area contributed by atoms with E-state index in [-0.39, 0.29) is 12.1 Å². The van der Waals surface area contributed by atoms with Gasteiger partial charge in [0, 0.05) is 18.0 Å². The highest BCUT2D eigenvalue weighted by Crippen LogP contribution is 2.26. The van der Waals surface area contributed by atoms with E-state index in [4.69, 9.17) is 10.5 Å². The van der Waals surface area contributed by atoms with Gasteiger partial charge in [0.05, 0.1) is 30.1 Å². The van der Waals surface area contributed by atoms with Crippen molar-refractivity contribution in [3.8, 4) is 5.75 Å². The average molecular weight is 282 g/mol. The van der Waals surface area contributed by atoms with E-state index in [1.807, 2.05) is 44.3 Å². The van der Waals surface area contributed by atoms with Gasteiger partial charge in [0.1, 0.15) is 5.75 Å². The summed E-state index contributed by atoms with van der Waals surface area (Å²) in [6, 6.07) is 7.61. The summed E-state index contributed by atoms with van der Waals surface area (Å²) < 4.78 is 7.50. The third-order valence-corrected chi connectivity index (χ3v) is 3.28. The van der Waals surface area contributed by atoms with Gasteiger partial charge in [-0.1, -0.05) is 12.1 Å². The van der Waals surface area contributed by atoms with Crippen LogP contribution in [0.15, 0.2) is 49.1 Å². The SMILES string of the molecule is CC(C)Oc1cccc(C(N)c2cnn3ccncc23)c1. The van der Waals surface area contributed by atoms with E-state index in [9.17, 15) is 0 Å². The maximum absolute atomic E-state index is 6.39. The first-order chi connectivity index (χ1) is 10.1. The number of fused-ring (bicyclic) bond motifs is 1. The van der Waals surface area contributed by atoms with E-state index in [2.05, 4.69) is 10.1 Å². The molecule has 0 saturated carbocycles. The minimum absolute atomic E-state index is 0.137. The fourth-order valence-corrected chi connectivity index (χ4v) is 2.33. The third-order valence-electron chi connectivity index (χ3n) is 3.28. The maximum Gasteiger partial charge on any atom is 0.120 e. The Bertz CT molecular complexity index is 751. The minimum atomic E-state index is -0.262. The van der Waals surface area contributed by atoms with Crippen LogP contribution in [0, 0.1) is 0 Å². The van der Waals surface area contributed by atoms with Crippen LogP contribution in [0.4, 0.5) is 0 Å². The summed E-state index contributed by atoms with van der Waals surface area (Å²) in [5.41, 5.74) is 9.25. The highest BCUT2D eigenvalue weighted by atomic mass is 16.5. The fraction of sp³-hybridized carbons (Fsp3) is 0.250. The van der Waals surface area contributed by atoms with Crippen molar-refractivity contribution in [3.63, 3.8) is 0 Å². The lowest BCUT2D eigenvalue weighted by molar-refractivity contribution is 0.242. The van der Waals surface area contributed by atoms with E-state index in [0.717, 1.165) is 22.4 Å². The van der Waals surface area contributed by atoms with Gasteiger partial charge in [0.2, 0.25) is 0 Å². The molecule has 108 valence electrons. The molecular formula is C16H18N4O. The topological polar surface area (TPSA) is 65.4 Å². The molecule has 0 bridgehead atoms. The smallest absolute Gasteiger partial charge is 0.120 e. The zero-order valence-corrected chi connectivity index (χ0v) is 12.1. The fourth-order valence-electron chi connectivity index (χ4n) is 2.33. The first kappa shape index (κ1) is 13.6. The van der Waals surface area contributed by atoms with Crippen molar-refractivity contribution >= 4 is 5.52 Å². The molecule has 5 heteroatoms. The van der Waals surface area contributed by atoms with E-state index >= 15 is 0 Å². The predicted molar refractivity (Wildman–Crippen MR) is 81.2 cm³/mol. The van der Waals surface area contributed by atoms with Crippen molar-refractivity contribution in [3.05, 3.63) is 60.2 Å². The lowest BCUT2D eigenvalue weighted by atomic mass is 10.0. The summed E-state index contributed by atoms with van der Waals surface area (Å²) in [5.74, 6) is 0.826. The molecule has 2 heterocycles. The Morgan fingerprint density at radius 1 is 1.24 bits per heavy atom. The number of nitrogens with two attached hydrogens (primary N) is 1. The lowest BCUT2D eigenvalue weighted by Gasteiger charge is -2.14. The number of hydrogen-bond donors (Lipinski definition) is 1. The Morgan fingerprint density at radius 2 is 2.10 bits per heavy atom. The molecule has 1 atom stereocenters. The van der Waals surface area contributed by atoms with Crippen molar-refractivity contribution in [2.75, 3.05) is 0 Å². The Morgan fingerprint density at radius 3 is 2.90 bits per heavy atom. The van der Waals surface area contributed by atoms with Crippen molar-refractivity contribution in [2.24, 2.45) is 5.73 Å². The highest BCUT2D eigenvalue weighted by Gasteiger charge is 2.15. The van der Waals surface area contributed by atoms with Crippen LogP contribution in [-0.2, 0) is 0 Å². The number of hydrogen-bond acceptors (Lipinski definition) is 4. The lowest BCUT2D eigenvalue weighted by Crippen LogP contribution is -2.12. The van der Waals surface area contributed by atoms with Crippen LogP contribution < -0.4 is 10.5 Å². The molecule has 1 unspecified atom stereocenters. The van der Waals surface area contributed by atoms with Gasteiger partial charge in [-0.25, -0.2) is 4.52 Å². The summed E-state index contributed by atoms with van der Waals surface area (Å²) in [7, 11) is 0. The zero-order chi connectivity index (χ0) is 14.8. The normalized spacial score (nSPS) is 12.8. The third kappa shape index (κ3) is 2.73. The monoisotopic (exact) mass is 282 g/mol. The van der Waals surface area contributed by atoms with Gasteiger partial charge in [-0.2, -0.15) is 5.10 Å². The number of rotatable bonds is 4. The van der Waals surface area contributed by atoms with Crippen LogP contribution in [-0.4, -0.2) is 20.7 Å². The number of nitrogens with zero attached hydrogens (tertiary/aromatic N) is 3. The van der Waals surface area contributed by atoms with Crippen LogP contribution in [0.5, 0.6) is 5.75 Å². The molecule has 0 saturated heterocycles. The zero-order valence-electron chi connectivity index (χ0n) is 12.1. The quantitative estimate of drug-likeness (QED) is 0.798. The molecule has 1 aromatic carbocycles. The van der Waals surface area contributed by atoms with Crippen LogP contribution in [0.1, 0.15) is 31.0 Å². The average Bonchev–Trinajstić information content (AvgIpc) is 2.90. The molecule has 0 amide bonds. The van der Waals surface area contributed by atoms with Crippen LogP contribution in [0.25, 0.3) is 5.52 Å². The van der Waals surface area contributed by atoms with Crippen LogP contribution in [0.2, 0.25) is 0 Å². The number of benzene rings is 1. The molecule has 21 heavy (non-hydrogen) atoms. The van der Waals surface area contributed by atoms with Crippen LogP contribution >= 0.6 is 0 Å². The van der Waals surface area contributed by atoms with Gasteiger partial charge in [-0.3, -0.25) is 4.98 Å². The molecule has 0 radical (unpaired) electrons. The summed E-state index contributed by atoms with van der Waals surface area (Å²) in [6.07, 6.45) is 7.21. The Hall–Kier alpha value is -2.40. The molecule has 5 nitrogen and oxygen atoms in total. The molecular weight excluding hydrogens is 264 g/mol. The highest BCUT2D eigenvalue weighted by molar-refractivity contribution is 5.55. The Kier molecular flexibility index (Phi) is 3.58. The van der Waals surface area contributed by atoms with Gasteiger partial charge in [-0.15, -0.1) is 0 Å². The van der Waals surface area contributed by atoms with Gasteiger partial charge < -0.3 is 10.5 Å². The van der Waals surface area contributed by atoms with E-state index in [1.54, 1.807) is 23.1 Å². The summed E-state index contributed by atoms with van der Waals surface area (Å²) in [4.78, 5) is 4.14. The van der Waals surface area contributed by atoms with Crippen LogP contribution in [0.3, 0.4) is 0 Å². The second-order valence-corrected chi connectivity index (χ2v) is 5.22. The van der Waals surface area contributed by atoms with E-state index < -0.39 is 0 Å². The van der Waals surface area contributed by atoms with Crippen molar-refractivity contribution in [1.82, 2.24) is 14.6 Å². The number of ether oxygens (including phenoxy) is 1. The number of aromatic nitrogens is 3. The molecule has 0 aliphatic rings. The van der Waals surface area contributed by atoms with Crippen molar-refractivity contribution in [2.45, 2.75) is 26.0 Å². The van der Waals surface area contributed by atoms with E-state index in [0.29, 0.717) is 0 Å². The molecule has 0 spiro atoms. The minimum Gasteiger partial charge on any atom is -0.491 e. The molecule has 0 aliphatic heterocycles. The predicted octanol–water partition coefficient (Wildman–Crippen LogP) is 2.56. The molecule has 2 aromatic heterocycles. The molecule has 0 fully saturated rings. The van der Waals surface area contributed by atoms with E-state index in [1.165, 1.54) is 0 Å². The van der Waals surface area contributed by atoms with Gasteiger partial charge in [-0.05, 0) is 31.5 Å². The second kappa shape index (κ2) is 5.54. The molecule has 0 aliphatic carbocycles. The van der Waals surface area contributed by atoms with Gasteiger partial charge in [0.25, 0.3) is 0 Å². The Balaban J connectivity index is 1.96. The largest absolute Gasteiger partial charge is 0.491 e. The van der Waals surface area contributed by atoms with Crippen molar-refractivity contribution < 1.29 is 4.74 Å². The van der Waals surface area contributed by atoms with Gasteiger partial charge in [0.15, 0.2) is 0 Å². The summed E-state index contributed by atoms with van der Waals surface area (Å²) in [5, 5.41) is 4.30.